The summed E-state index contributed by atoms with van der Waals surface area (Å²) in [5.41, 5.74) is -0.172. The fourth-order valence-corrected chi connectivity index (χ4v) is 1.52. The quantitative estimate of drug-likeness (QED) is 0.594. The average molecular weight is 249 g/mol. The van der Waals surface area contributed by atoms with Crippen molar-refractivity contribution >= 4 is 22.2 Å². The first-order valence-corrected chi connectivity index (χ1v) is 4.78. The van der Waals surface area contributed by atoms with Crippen molar-refractivity contribution in [1.29, 1.82) is 0 Å². The molecule has 0 aliphatic heterocycles. The largest absolute Gasteiger partial charge is 0.303 e. The van der Waals surface area contributed by atoms with Crippen LogP contribution < -0.4 is 0 Å². The molecule has 1 aromatic rings. The summed E-state index contributed by atoms with van der Waals surface area (Å²) in [6.45, 7) is 0. The molecular weight excluding hydrogens is 242 g/mol. The molecule has 0 spiro atoms. The Morgan fingerprint density at radius 3 is 2.31 bits per heavy atom. The van der Waals surface area contributed by atoms with Gasteiger partial charge in [0.1, 0.15) is 17.9 Å². The van der Waals surface area contributed by atoms with Gasteiger partial charge in [0.05, 0.1) is 5.92 Å². The number of halogens is 3. The summed E-state index contributed by atoms with van der Waals surface area (Å²) in [4.78, 5) is 10.5. The van der Waals surface area contributed by atoms with Crippen LogP contribution in [-0.4, -0.2) is 11.6 Å². The van der Waals surface area contributed by atoms with Crippen LogP contribution in [0.15, 0.2) is 18.2 Å². The SMILES string of the molecule is O=CC(CBr)c1c(F)cccc1F. The van der Waals surface area contributed by atoms with Gasteiger partial charge in [-0.25, -0.2) is 8.78 Å². The molecule has 0 aliphatic rings. The van der Waals surface area contributed by atoms with Gasteiger partial charge in [-0.2, -0.15) is 0 Å². The number of hydrogen-bond acceptors (Lipinski definition) is 1. The van der Waals surface area contributed by atoms with Gasteiger partial charge in [-0.3, -0.25) is 0 Å². The first-order valence-electron chi connectivity index (χ1n) is 3.66. The van der Waals surface area contributed by atoms with Crippen molar-refractivity contribution in [2.45, 2.75) is 5.92 Å². The molecule has 0 heterocycles. The second kappa shape index (κ2) is 4.46. The number of aldehydes is 1. The molecule has 0 N–H and O–H groups in total. The van der Waals surface area contributed by atoms with E-state index in [1.807, 2.05) is 0 Å². The van der Waals surface area contributed by atoms with Crippen LogP contribution >= 0.6 is 15.9 Å². The van der Waals surface area contributed by atoms with Gasteiger partial charge in [0.15, 0.2) is 0 Å². The van der Waals surface area contributed by atoms with Gasteiger partial charge in [-0.05, 0) is 12.1 Å². The highest BCUT2D eigenvalue weighted by Gasteiger charge is 2.17. The average Bonchev–Trinajstić information content (AvgIpc) is 2.11. The Balaban J connectivity index is 3.17. The highest BCUT2D eigenvalue weighted by molar-refractivity contribution is 9.09. The number of benzene rings is 1. The Morgan fingerprint density at radius 1 is 1.38 bits per heavy atom. The molecule has 0 aliphatic carbocycles. The van der Waals surface area contributed by atoms with E-state index in [9.17, 15) is 13.6 Å². The standard InChI is InChI=1S/C9H7BrF2O/c10-4-6(5-13)9-7(11)2-1-3-8(9)12/h1-3,5-6H,4H2. The molecule has 0 amide bonds. The molecule has 0 fully saturated rings. The highest BCUT2D eigenvalue weighted by atomic mass is 79.9. The smallest absolute Gasteiger partial charge is 0.130 e. The summed E-state index contributed by atoms with van der Waals surface area (Å²) in [6.07, 6.45) is 0.524. The van der Waals surface area contributed by atoms with Gasteiger partial charge >= 0.3 is 0 Å². The topological polar surface area (TPSA) is 17.1 Å². The van der Waals surface area contributed by atoms with E-state index in [2.05, 4.69) is 15.9 Å². The summed E-state index contributed by atoms with van der Waals surface area (Å²) >= 11 is 3.02. The summed E-state index contributed by atoms with van der Waals surface area (Å²) in [5.74, 6) is -2.13. The summed E-state index contributed by atoms with van der Waals surface area (Å²) in [7, 11) is 0. The van der Waals surface area contributed by atoms with E-state index in [1.165, 1.54) is 6.07 Å². The molecule has 1 atom stereocenters. The highest BCUT2D eigenvalue weighted by Crippen LogP contribution is 2.22. The van der Waals surface area contributed by atoms with Crippen molar-refractivity contribution in [2.75, 3.05) is 5.33 Å². The van der Waals surface area contributed by atoms with E-state index >= 15 is 0 Å². The Labute approximate surface area is 82.9 Å². The van der Waals surface area contributed by atoms with Gasteiger partial charge in [0, 0.05) is 10.9 Å². The number of hydrogen-bond donors (Lipinski definition) is 0. The number of carbonyl (C=O) groups excluding carboxylic acids is 1. The van der Waals surface area contributed by atoms with E-state index in [0.29, 0.717) is 6.29 Å². The van der Waals surface area contributed by atoms with E-state index in [4.69, 9.17) is 0 Å². The number of carbonyl (C=O) groups is 1. The molecule has 1 aromatic carbocycles. The van der Waals surface area contributed by atoms with E-state index in [1.54, 1.807) is 0 Å². The van der Waals surface area contributed by atoms with Crippen LogP contribution in [0.5, 0.6) is 0 Å². The molecule has 0 radical (unpaired) electrons. The predicted octanol–water partition coefficient (Wildman–Crippen LogP) is 2.64. The molecule has 0 bridgehead atoms. The Hall–Kier alpha value is -0.770. The van der Waals surface area contributed by atoms with E-state index < -0.39 is 17.6 Å². The van der Waals surface area contributed by atoms with Crippen LogP contribution in [0, 0.1) is 11.6 Å². The zero-order chi connectivity index (χ0) is 9.84. The van der Waals surface area contributed by atoms with Gasteiger partial charge in [-0.15, -0.1) is 0 Å². The van der Waals surface area contributed by atoms with Crippen LogP contribution in [0.1, 0.15) is 11.5 Å². The van der Waals surface area contributed by atoms with Gasteiger partial charge in [-0.1, -0.05) is 22.0 Å². The minimum Gasteiger partial charge on any atom is -0.303 e. The van der Waals surface area contributed by atoms with E-state index in [-0.39, 0.29) is 10.9 Å². The van der Waals surface area contributed by atoms with Crippen molar-refractivity contribution in [3.05, 3.63) is 35.4 Å². The van der Waals surface area contributed by atoms with Crippen molar-refractivity contribution in [3.63, 3.8) is 0 Å². The normalized spacial score (nSPS) is 12.5. The molecule has 0 saturated heterocycles. The van der Waals surface area contributed by atoms with Crippen molar-refractivity contribution < 1.29 is 13.6 Å². The fourth-order valence-electron chi connectivity index (χ4n) is 1.05. The van der Waals surface area contributed by atoms with Crippen molar-refractivity contribution in [1.82, 2.24) is 0 Å². The lowest BCUT2D eigenvalue weighted by atomic mass is 10.0. The van der Waals surface area contributed by atoms with Crippen LogP contribution in [-0.2, 0) is 4.79 Å². The van der Waals surface area contributed by atoms with Crippen LogP contribution in [0.2, 0.25) is 0 Å². The molecule has 13 heavy (non-hydrogen) atoms. The number of rotatable bonds is 3. The molecule has 0 saturated carbocycles. The summed E-state index contributed by atoms with van der Waals surface area (Å²) in [5, 5.41) is 0.217. The molecule has 70 valence electrons. The van der Waals surface area contributed by atoms with Gasteiger partial charge in [0.25, 0.3) is 0 Å². The first kappa shape index (κ1) is 10.3. The zero-order valence-electron chi connectivity index (χ0n) is 6.64. The maximum absolute atomic E-state index is 13.1. The molecule has 1 rings (SSSR count). The van der Waals surface area contributed by atoms with Gasteiger partial charge in [0.2, 0.25) is 0 Å². The minimum atomic E-state index is -0.763. The number of alkyl halides is 1. The zero-order valence-corrected chi connectivity index (χ0v) is 8.22. The summed E-state index contributed by atoms with van der Waals surface area (Å²) < 4.78 is 26.1. The Bertz CT molecular complexity index is 294. The molecule has 0 aromatic heterocycles. The van der Waals surface area contributed by atoms with E-state index in [0.717, 1.165) is 12.1 Å². The monoisotopic (exact) mass is 248 g/mol. The van der Waals surface area contributed by atoms with Crippen LogP contribution in [0.3, 0.4) is 0 Å². The minimum absolute atomic E-state index is 0.172. The molecule has 1 unspecified atom stereocenters. The Morgan fingerprint density at radius 2 is 1.92 bits per heavy atom. The second-order valence-corrected chi connectivity index (χ2v) is 3.18. The molecular formula is C9H7BrF2O. The maximum atomic E-state index is 13.1. The Kier molecular flexibility index (Phi) is 3.54. The molecule has 4 heteroatoms. The lowest BCUT2D eigenvalue weighted by molar-refractivity contribution is -0.108. The lowest BCUT2D eigenvalue weighted by Gasteiger charge is -2.08. The third-order valence-corrected chi connectivity index (χ3v) is 2.40. The lowest BCUT2D eigenvalue weighted by Crippen LogP contribution is -2.07. The third kappa shape index (κ3) is 2.12. The molecule has 1 nitrogen and oxygen atoms in total. The predicted molar refractivity (Wildman–Crippen MR) is 49.0 cm³/mol. The van der Waals surface area contributed by atoms with Gasteiger partial charge < -0.3 is 4.79 Å². The maximum Gasteiger partial charge on any atom is 0.130 e. The summed E-state index contributed by atoms with van der Waals surface area (Å²) in [6, 6.07) is 3.54. The van der Waals surface area contributed by atoms with Crippen molar-refractivity contribution in [3.8, 4) is 0 Å². The first-order chi connectivity index (χ1) is 6.20. The van der Waals surface area contributed by atoms with Crippen LogP contribution in [0.25, 0.3) is 0 Å². The van der Waals surface area contributed by atoms with Crippen LogP contribution in [0.4, 0.5) is 8.78 Å². The second-order valence-electron chi connectivity index (χ2n) is 2.53. The third-order valence-electron chi connectivity index (χ3n) is 1.70. The van der Waals surface area contributed by atoms with Crippen molar-refractivity contribution in [2.24, 2.45) is 0 Å². The fraction of sp³-hybridized carbons (Fsp3) is 0.222.